The number of amides is 1. The SMILES string of the molecule is CCC(C)c1ccc(NC(=S)NC(=O)c2ccc(C)c(C)c2)cc1. The summed E-state index contributed by atoms with van der Waals surface area (Å²) < 4.78 is 0. The number of rotatable bonds is 4. The lowest BCUT2D eigenvalue weighted by Crippen LogP contribution is -2.34. The lowest BCUT2D eigenvalue weighted by Gasteiger charge is -2.12. The van der Waals surface area contributed by atoms with Crippen molar-refractivity contribution in [2.75, 3.05) is 5.32 Å². The van der Waals surface area contributed by atoms with Crippen molar-refractivity contribution in [2.24, 2.45) is 0 Å². The number of anilines is 1. The van der Waals surface area contributed by atoms with Crippen LogP contribution >= 0.6 is 12.2 Å². The van der Waals surface area contributed by atoms with E-state index in [4.69, 9.17) is 12.2 Å². The van der Waals surface area contributed by atoms with E-state index in [1.54, 1.807) is 6.07 Å². The maximum atomic E-state index is 12.3. The van der Waals surface area contributed by atoms with E-state index >= 15 is 0 Å². The second kappa shape index (κ2) is 8.06. The van der Waals surface area contributed by atoms with Crippen molar-refractivity contribution >= 4 is 28.9 Å². The van der Waals surface area contributed by atoms with Crippen LogP contribution in [0.2, 0.25) is 0 Å². The van der Waals surface area contributed by atoms with Crippen molar-refractivity contribution in [3.63, 3.8) is 0 Å². The Bertz CT molecular complexity index is 738. The molecular formula is C20H24N2OS. The highest BCUT2D eigenvalue weighted by Crippen LogP contribution is 2.20. The fourth-order valence-corrected chi connectivity index (χ4v) is 2.56. The fraction of sp³-hybridized carbons (Fsp3) is 0.300. The van der Waals surface area contributed by atoms with Crippen molar-refractivity contribution in [3.8, 4) is 0 Å². The van der Waals surface area contributed by atoms with E-state index in [-0.39, 0.29) is 5.91 Å². The Kier molecular flexibility index (Phi) is 6.10. The molecule has 0 aliphatic rings. The summed E-state index contributed by atoms with van der Waals surface area (Å²) in [5.41, 5.74) is 5.02. The number of carbonyl (C=O) groups is 1. The summed E-state index contributed by atoms with van der Waals surface area (Å²) in [6, 6.07) is 13.8. The van der Waals surface area contributed by atoms with Gasteiger partial charge in [-0.05, 0) is 79.4 Å². The molecule has 24 heavy (non-hydrogen) atoms. The molecule has 126 valence electrons. The van der Waals surface area contributed by atoms with Gasteiger partial charge in [0, 0.05) is 11.3 Å². The van der Waals surface area contributed by atoms with Gasteiger partial charge in [0.25, 0.3) is 5.91 Å². The predicted octanol–water partition coefficient (Wildman–Crippen LogP) is 4.94. The van der Waals surface area contributed by atoms with E-state index in [9.17, 15) is 4.79 Å². The normalized spacial score (nSPS) is 11.7. The van der Waals surface area contributed by atoms with Gasteiger partial charge in [0.05, 0.1) is 0 Å². The summed E-state index contributed by atoms with van der Waals surface area (Å²) in [4.78, 5) is 12.3. The highest BCUT2D eigenvalue weighted by molar-refractivity contribution is 7.80. The molecule has 0 bridgehead atoms. The number of hydrogen-bond acceptors (Lipinski definition) is 2. The van der Waals surface area contributed by atoms with E-state index in [0.29, 0.717) is 16.6 Å². The molecule has 2 rings (SSSR count). The Morgan fingerprint density at radius 2 is 1.75 bits per heavy atom. The molecule has 0 heterocycles. The third kappa shape index (κ3) is 4.65. The molecule has 0 radical (unpaired) electrons. The molecule has 1 atom stereocenters. The van der Waals surface area contributed by atoms with Crippen LogP contribution in [0.4, 0.5) is 5.69 Å². The monoisotopic (exact) mass is 340 g/mol. The van der Waals surface area contributed by atoms with Crippen LogP contribution in [0.25, 0.3) is 0 Å². The second-order valence-electron chi connectivity index (χ2n) is 6.14. The topological polar surface area (TPSA) is 41.1 Å². The molecule has 2 N–H and O–H groups in total. The van der Waals surface area contributed by atoms with E-state index in [1.165, 1.54) is 5.56 Å². The number of aryl methyl sites for hydroxylation is 2. The molecule has 0 fully saturated rings. The van der Waals surface area contributed by atoms with E-state index < -0.39 is 0 Å². The Labute approximate surface area is 149 Å². The average molecular weight is 340 g/mol. The van der Waals surface area contributed by atoms with Crippen molar-refractivity contribution in [3.05, 3.63) is 64.7 Å². The minimum absolute atomic E-state index is 0.202. The molecule has 0 saturated carbocycles. The summed E-state index contributed by atoms with van der Waals surface area (Å²) in [5, 5.41) is 6.07. The van der Waals surface area contributed by atoms with Crippen molar-refractivity contribution < 1.29 is 4.79 Å². The zero-order chi connectivity index (χ0) is 17.7. The first kappa shape index (κ1) is 18.1. The summed E-state index contributed by atoms with van der Waals surface area (Å²) in [6.45, 7) is 8.39. The fourth-order valence-electron chi connectivity index (χ4n) is 2.35. The molecule has 0 spiro atoms. The first-order chi connectivity index (χ1) is 11.4. The van der Waals surface area contributed by atoms with Crippen molar-refractivity contribution in [2.45, 2.75) is 40.0 Å². The molecule has 0 saturated heterocycles. The highest BCUT2D eigenvalue weighted by Gasteiger charge is 2.09. The largest absolute Gasteiger partial charge is 0.332 e. The van der Waals surface area contributed by atoms with Crippen LogP contribution in [0.3, 0.4) is 0 Å². The van der Waals surface area contributed by atoms with Crippen molar-refractivity contribution in [1.82, 2.24) is 5.32 Å². The third-order valence-corrected chi connectivity index (χ3v) is 4.55. The third-order valence-electron chi connectivity index (χ3n) is 4.35. The van der Waals surface area contributed by atoms with Gasteiger partial charge in [0.2, 0.25) is 0 Å². The molecule has 4 heteroatoms. The van der Waals surface area contributed by atoms with E-state index in [1.807, 2.05) is 38.1 Å². The highest BCUT2D eigenvalue weighted by atomic mass is 32.1. The van der Waals surface area contributed by atoms with Crippen LogP contribution in [-0.2, 0) is 0 Å². The number of hydrogen-bond donors (Lipinski definition) is 2. The summed E-state index contributed by atoms with van der Waals surface area (Å²) in [5.74, 6) is 0.335. The van der Waals surface area contributed by atoms with Crippen LogP contribution in [0.1, 0.15) is 53.2 Å². The minimum atomic E-state index is -0.202. The van der Waals surface area contributed by atoms with Gasteiger partial charge >= 0.3 is 0 Å². The van der Waals surface area contributed by atoms with Gasteiger partial charge in [-0.15, -0.1) is 0 Å². The molecule has 1 amide bonds. The molecule has 0 aliphatic carbocycles. The molecule has 0 aromatic heterocycles. The average Bonchev–Trinajstić information content (AvgIpc) is 2.57. The van der Waals surface area contributed by atoms with Gasteiger partial charge in [0.15, 0.2) is 5.11 Å². The van der Waals surface area contributed by atoms with Crippen LogP contribution < -0.4 is 10.6 Å². The van der Waals surface area contributed by atoms with Crippen molar-refractivity contribution in [1.29, 1.82) is 0 Å². The zero-order valence-electron chi connectivity index (χ0n) is 14.6. The van der Waals surface area contributed by atoms with Crippen LogP contribution in [0.15, 0.2) is 42.5 Å². The number of carbonyl (C=O) groups excluding carboxylic acids is 1. The Morgan fingerprint density at radius 1 is 1.08 bits per heavy atom. The Balaban J connectivity index is 1.97. The van der Waals surface area contributed by atoms with Gasteiger partial charge in [-0.25, -0.2) is 0 Å². The zero-order valence-corrected chi connectivity index (χ0v) is 15.5. The van der Waals surface area contributed by atoms with E-state index in [2.05, 4.69) is 36.6 Å². The minimum Gasteiger partial charge on any atom is -0.332 e. The van der Waals surface area contributed by atoms with Crippen LogP contribution in [0.5, 0.6) is 0 Å². The lowest BCUT2D eigenvalue weighted by molar-refractivity contribution is 0.0977. The summed E-state index contributed by atoms with van der Waals surface area (Å²) in [7, 11) is 0. The predicted molar refractivity (Wildman–Crippen MR) is 105 cm³/mol. The smallest absolute Gasteiger partial charge is 0.257 e. The van der Waals surface area contributed by atoms with Gasteiger partial charge < -0.3 is 5.32 Å². The van der Waals surface area contributed by atoms with Crippen LogP contribution in [0, 0.1) is 13.8 Å². The number of nitrogens with one attached hydrogen (secondary N) is 2. The van der Waals surface area contributed by atoms with E-state index in [0.717, 1.165) is 23.2 Å². The molecule has 3 nitrogen and oxygen atoms in total. The Hall–Kier alpha value is -2.20. The second-order valence-corrected chi connectivity index (χ2v) is 6.55. The molecule has 1 unspecified atom stereocenters. The van der Waals surface area contributed by atoms with Crippen LogP contribution in [-0.4, -0.2) is 11.0 Å². The lowest BCUT2D eigenvalue weighted by atomic mass is 9.99. The first-order valence-electron chi connectivity index (χ1n) is 8.20. The molecular weight excluding hydrogens is 316 g/mol. The first-order valence-corrected chi connectivity index (χ1v) is 8.61. The summed E-state index contributed by atoms with van der Waals surface area (Å²) in [6.07, 6.45) is 1.11. The van der Waals surface area contributed by atoms with Gasteiger partial charge in [0.1, 0.15) is 0 Å². The Morgan fingerprint density at radius 3 is 2.33 bits per heavy atom. The maximum absolute atomic E-state index is 12.3. The number of thiocarbonyl (C=S) groups is 1. The quantitative estimate of drug-likeness (QED) is 0.774. The van der Waals surface area contributed by atoms with Gasteiger partial charge in [-0.3, -0.25) is 10.1 Å². The standard InChI is InChI=1S/C20H24N2OS/c1-5-13(2)16-8-10-18(11-9-16)21-20(24)22-19(23)17-7-6-14(3)15(4)12-17/h6-13H,5H2,1-4H3,(H2,21,22,23,24). The molecule has 0 aliphatic heterocycles. The number of benzene rings is 2. The van der Waals surface area contributed by atoms with Gasteiger partial charge in [-0.1, -0.05) is 32.0 Å². The molecule has 2 aromatic rings. The summed E-state index contributed by atoms with van der Waals surface area (Å²) >= 11 is 5.24. The maximum Gasteiger partial charge on any atom is 0.257 e. The molecule has 2 aromatic carbocycles. The van der Waals surface area contributed by atoms with Gasteiger partial charge in [-0.2, -0.15) is 0 Å².